The molecule has 0 saturated carbocycles. The Kier molecular flexibility index (Phi) is 5.07. The van der Waals surface area contributed by atoms with Gasteiger partial charge in [-0.1, -0.05) is 30.1 Å². The summed E-state index contributed by atoms with van der Waals surface area (Å²) in [5, 5.41) is 4.41. The van der Waals surface area contributed by atoms with Gasteiger partial charge < -0.3 is 5.32 Å². The van der Waals surface area contributed by atoms with Gasteiger partial charge >= 0.3 is 0 Å². The maximum absolute atomic E-state index is 6.22. The maximum atomic E-state index is 6.22. The second kappa shape index (κ2) is 6.80. The lowest BCUT2D eigenvalue weighted by molar-refractivity contribution is 0.573. The molecule has 1 atom stereocenters. The summed E-state index contributed by atoms with van der Waals surface area (Å²) in [6, 6.07) is 1.50. The largest absolute Gasteiger partial charge is 0.304 e. The van der Waals surface area contributed by atoms with Crippen LogP contribution in [0.2, 0.25) is 10.0 Å². The van der Waals surface area contributed by atoms with Crippen molar-refractivity contribution in [3.05, 3.63) is 52.3 Å². The molecule has 2 aromatic heterocycles. The van der Waals surface area contributed by atoms with E-state index in [1.54, 1.807) is 30.9 Å². The Bertz CT molecular complexity index is 533. The number of halogens is 2. The van der Waals surface area contributed by atoms with Gasteiger partial charge in [0.25, 0.3) is 0 Å². The van der Waals surface area contributed by atoms with Gasteiger partial charge in [0.1, 0.15) is 0 Å². The number of pyridine rings is 1. The van der Waals surface area contributed by atoms with Crippen LogP contribution in [-0.4, -0.2) is 21.5 Å². The zero-order chi connectivity index (χ0) is 13.7. The van der Waals surface area contributed by atoms with Gasteiger partial charge in [0, 0.05) is 18.6 Å². The molecular weight excluding hydrogens is 283 g/mol. The van der Waals surface area contributed by atoms with Gasteiger partial charge in [-0.15, -0.1) is 0 Å². The standard InChI is InChI=1S/C13H14Cl2N4/c1-2-3-18-13(11-8-16-4-5-17-11)12-10(15)6-9(14)7-19-12/h4-8,13,18H,2-3H2,1H3. The summed E-state index contributed by atoms with van der Waals surface area (Å²) in [4.78, 5) is 12.7. The third kappa shape index (κ3) is 3.62. The highest BCUT2D eigenvalue weighted by Crippen LogP contribution is 2.27. The molecule has 0 spiro atoms. The van der Waals surface area contributed by atoms with Crippen molar-refractivity contribution in [1.29, 1.82) is 0 Å². The van der Waals surface area contributed by atoms with Crippen LogP contribution in [0.4, 0.5) is 0 Å². The van der Waals surface area contributed by atoms with E-state index < -0.39 is 0 Å². The zero-order valence-corrected chi connectivity index (χ0v) is 12.0. The molecular formula is C13H14Cl2N4. The average molecular weight is 297 g/mol. The highest BCUT2D eigenvalue weighted by molar-refractivity contribution is 6.34. The SMILES string of the molecule is CCCNC(c1cnccn1)c1ncc(Cl)cc1Cl. The Morgan fingerprint density at radius 2 is 2.05 bits per heavy atom. The van der Waals surface area contributed by atoms with Crippen LogP contribution >= 0.6 is 23.2 Å². The van der Waals surface area contributed by atoms with Crippen LogP contribution in [0.3, 0.4) is 0 Å². The van der Waals surface area contributed by atoms with E-state index in [0.717, 1.165) is 18.7 Å². The molecule has 0 aliphatic heterocycles. The molecule has 0 fully saturated rings. The third-order valence-corrected chi connectivity index (χ3v) is 3.10. The molecule has 0 aromatic carbocycles. The number of nitrogens with one attached hydrogen (secondary N) is 1. The molecule has 6 heteroatoms. The molecule has 0 aliphatic carbocycles. The van der Waals surface area contributed by atoms with Gasteiger partial charge in [-0.2, -0.15) is 0 Å². The van der Waals surface area contributed by atoms with Gasteiger partial charge in [0.15, 0.2) is 0 Å². The molecule has 0 bridgehead atoms. The number of rotatable bonds is 5. The van der Waals surface area contributed by atoms with E-state index in [4.69, 9.17) is 23.2 Å². The fourth-order valence-electron chi connectivity index (χ4n) is 1.73. The van der Waals surface area contributed by atoms with Crippen molar-refractivity contribution in [2.24, 2.45) is 0 Å². The summed E-state index contributed by atoms with van der Waals surface area (Å²) in [5.74, 6) is 0. The van der Waals surface area contributed by atoms with Gasteiger partial charge in [-0.05, 0) is 19.0 Å². The van der Waals surface area contributed by atoms with Crippen molar-refractivity contribution in [3.63, 3.8) is 0 Å². The van der Waals surface area contributed by atoms with Crippen LogP contribution in [0.5, 0.6) is 0 Å². The molecule has 2 rings (SSSR count). The van der Waals surface area contributed by atoms with Gasteiger partial charge in [-0.25, -0.2) is 0 Å². The van der Waals surface area contributed by atoms with Crippen LogP contribution in [0, 0.1) is 0 Å². The summed E-state index contributed by atoms with van der Waals surface area (Å²) < 4.78 is 0. The minimum atomic E-state index is -0.182. The lowest BCUT2D eigenvalue weighted by Crippen LogP contribution is -2.25. The lowest BCUT2D eigenvalue weighted by atomic mass is 10.1. The zero-order valence-electron chi connectivity index (χ0n) is 10.5. The molecule has 100 valence electrons. The fraction of sp³-hybridized carbons (Fsp3) is 0.308. The molecule has 2 heterocycles. The Hall–Kier alpha value is -1.23. The van der Waals surface area contributed by atoms with Crippen molar-refractivity contribution in [2.75, 3.05) is 6.54 Å². The summed E-state index contributed by atoms with van der Waals surface area (Å²) in [6.07, 6.45) is 7.58. The first-order chi connectivity index (χ1) is 9.22. The van der Waals surface area contributed by atoms with E-state index in [0.29, 0.717) is 15.7 Å². The predicted molar refractivity (Wildman–Crippen MR) is 76.4 cm³/mol. The van der Waals surface area contributed by atoms with Crippen LogP contribution in [0.25, 0.3) is 0 Å². The van der Waals surface area contributed by atoms with E-state index in [1.165, 1.54) is 0 Å². The Morgan fingerprint density at radius 1 is 1.21 bits per heavy atom. The average Bonchev–Trinajstić information content (AvgIpc) is 2.42. The topological polar surface area (TPSA) is 50.7 Å². The van der Waals surface area contributed by atoms with Crippen molar-refractivity contribution in [3.8, 4) is 0 Å². The van der Waals surface area contributed by atoms with Crippen LogP contribution in [-0.2, 0) is 0 Å². The van der Waals surface area contributed by atoms with Crippen molar-refractivity contribution in [1.82, 2.24) is 20.3 Å². The normalized spacial score (nSPS) is 12.4. The first-order valence-corrected chi connectivity index (χ1v) is 6.78. The highest BCUT2D eigenvalue weighted by Gasteiger charge is 2.19. The Balaban J connectivity index is 2.37. The summed E-state index contributed by atoms with van der Waals surface area (Å²) in [5.41, 5.74) is 1.49. The van der Waals surface area contributed by atoms with Crippen molar-refractivity contribution >= 4 is 23.2 Å². The first-order valence-electron chi connectivity index (χ1n) is 6.02. The second-order valence-electron chi connectivity index (χ2n) is 4.04. The van der Waals surface area contributed by atoms with E-state index in [1.807, 2.05) is 0 Å². The number of hydrogen-bond donors (Lipinski definition) is 1. The van der Waals surface area contributed by atoms with E-state index in [2.05, 4.69) is 27.2 Å². The van der Waals surface area contributed by atoms with Crippen LogP contribution < -0.4 is 5.32 Å². The van der Waals surface area contributed by atoms with E-state index in [-0.39, 0.29) is 6.04 Å². The molecule has 2 aromatic rings. The number of hydrogen-bond acceptors (Lipinski definition) is 4. The van der Waals surface area contributed by atoms with Crippen molar-refractivity contribution in [2.45, 2.75) is 19.4 Å². The third-order valence-electron chi connectivity index (χ3n) is 2.59. The highest BCUT2D eigenvalue weighted by atomic mass is 35.5. The van der Waals surface area contributed by atoms with Gasteiger partial charge in [0.05, 0.1) is 33.7 Å². The summed E-state index contributed by atoms with van der Waals surface area (Å²) in [6.45, 7) is 2.93. The molecule has 4 nitrogen and oxygen atoms in total. The van der Waals surface area contributed by atoms with E-state index >= 15 is 0 Å². The molecule has 0 aliphatic rings. The van der Waals surface area contributed by atoms with Gasteiger partial charge in [0.2, 0.25) is 0 Å². The maximum Gasteiger partial charge on any atom is 0.0956 e. The van der Waals surface area contributed by atoms with Crippen molar-refractivity contribution < 1.29 is 0 Å². The van der Waals surface area contributed by atoms with Crippen LogP contribution in [0.1, 0.15) is 30.8 Å². The molecule has 0 radical (unpaired) electrons. The van der Waals surface area contributed by atoms with E-state index in [9.17, 15) is 0 Å². The summed E-state index contributed by atoms with van der Waals surface area (Å²) in [7, 11) is 0. The Labute approximate surface area is 122 Å². The lowest BCUT2D eigenvalue weighted by Gasteiger charge is -2.18. The quantitative estimate of drug-likeness (QED) is 0.920. The monoisotopic (exact) mass is 296 g/mol. The number of nitrogens with zero attached hydrogens (tertiary/aromatic N) is 3. The molecule has 19 heavy (non-hydrogen) atoms. The molecule has 1 unspecified atom stereocenters. The fourth-order valence-corrected chi connectivity index (χ4v) is 2.22. The molecule has 0 saturated heterocycles. The molecule has 0 amide bonds. The summed E-state index contributed by atoms with van der Waals surface area (Å²) >= 11 is 12.1. The predicted octanol–water partition coefficient (Wildman–Crippen LogP) is 3.27. The first kappa shape index (κ1) is 14.2. The van der Waals surface area contributed by atoms with Crippen LogP contribution in [0.15, 0.2) is 30.9 Å². The minimum absolute atomic E-state index is 0.182. The minimum Gasteiger partial charge on any atom is -0.304 e. The smallest absolute Gasteiger partial charge is 0.0956 e. The molecule has 1 N–H and O–H groups in total. The van der Waals surface area contributed by atoms with Gasteiger partial charge in [-0.3, -0.25) is 15.0 Å². The number of aromatic nitrogens is 3. The Morgan fingerprint density at radius 3 is 2.68 bits per heavy atom. The second-order valence-corrected chi connectivity index (χ2v) is 4.88.